The molecule has 0 aromatic heterocycles. The number of carbonyl (C=O) groups excluding carboxylic acids is 3. The minimum absolute atomic E-state index is 0.00330. The van der Waals surface area contributed by atoms with Crippen LogP contribution in [0.5, 0.6) is 0 Å². The second-order valence-corrected chi connectivity index (χ2v) is 9.04. The van der Waals surface area contributed by atoms with Gasteiger partial charge in [0.1, 0.15) is 6.04 Å². The fraction of sp³-hybridized carbons (Fsp3) is 0.625. The molecule has 3 amide bonds. The topological polar surface area (TPSA) is 78.5 Å². The summed E-state index contributed by atoms with van der Waals surface area (Å²) in [6.07, 6.45) is 6.75. The zero-order chi connectivity index (χ0) is 21.5. The largest absolute Gasteiger partial charge is 0.344 e. The summed E-state index contributed by atoms with van der Waals surface area (Å²) in [6, 6.07) is 8.86. The number of hydrogen-bond donors (Lipinski definition) is 2. The molecule has 2 fully saturated rings. The average Bonchev–Trinajstić information content (AvgIpc) is 2.78. The highest BCUT2D eigenvalue weighted by Crippen LogP contribution is 2.25. The van der Waals surface area contributed by atoms with Gasteiger partial charge in [-0.05, 0) is 43.7 Å². The van der Waals surface area contributed by atoms with E-state index in [1.54, 1.807) is 4.90 Å². The summed E-state index contributed by atoms with van der Waals surface area (Å²) in [5.41, 5.74) is 0.769. The third-order valence-corrected chi connectivity index (χ3v) is 6.35. The Morgan fingerprint density at radius 2 is 1.57 bits per heavy atom. The van der Waals surface area contributed by atoms with E-state index in [4.69, 9.17) is 0 Å². The van der Waals surface area contributed by atoms with Gasteiger partial charge < -0.3 is 15.5 Å². The maximum Gasteiger partial charge on any atom is 0.245 e. The van der Waals surface area contributed by atoms with Crippen LogP contribution in [0.3, 0.4) is 0 Å². The third kappa shape index (κ3) is 5.83. The molecule has 6 nitrogen and oxygen atoms in total. The molecule has 2 aliphatic rings. The Bertz CT molecular complexity index is 728. The Hall–Kier alpha value is -2.37. The van der Waals surface area contributed by atoms with Gasteiger partial charge in [-0.2, -0.15) is 0 Å². The van der Waals surface area contributed by atoms with Gasteiger partial charge in [-0.25, -0.2) is 0 Å². The van der Waals surface area contributed by atoms with Gasteiger partial charge in [-0.3, -0.25) is 14.4 Å². The first-order valence-electron chi connectivity index (χ1n) is 11.4. The summed E-state index contributed by atoms with van der Waals surface area (Å²) in [6.45, 7) is 4.97. The lowest BCUT2D eigenvalue weighted by Gasteiger charge is -2.36. The molecule has 6 heteroatoms. The van der Waals surface area contributed by atoms with Crippen molar-refractivity contribution in [3.8, 4) is 0 Å². The molecular formula is C24H35N3O3. The van der Waals surface area contributed by atoms with E-state index in [0.29, 0.717) is 13.1 Å². The zero-order valence-corrected chi connectivity index (χ0v) is 18.2. The molecule has 0 spiro atoms. The third-order valence-electron chi connectivity index (χ3n) is 6.35. The van der Waals surface area contributed by atoms with Crippen molar-refractivity contribution in [2.75, 3.05) is 18.4 Å². The number of amides is 3. The van der Waals surface area contributed by atoms with Crippen molar-refractivity contribution in [2.45, 2.75) is 64.8 Å². The number of benzene rings is 1. The summed E-state index contributed by atoms with van der Waals surface area (Å²) in [7, 11) is 0. The molecule has 164 valence electrons. The molecule has 1 aliphatic heterocycles. The lowest BCUT2D eigenvalue weighted by atomic mass is 9.88. The Morgan fingerprint density at radius 3 is 2.23 bits per heavy atom. The van der Waals surface area contributed by atoms with Gasteiger partial charge in [0.25, 0.3) is 0 Å². The predicted octanol–water partition coefficient (Wildman–Crippen LogP) is 3.58. The van der Waals surface area contributed by atoms with E-state index >= 15 is 0 Å². The Labute approximate surface area is 179 Å². The van der Waals surface area contributed by atoms with E-state index in [-0.39, 0.29) is 35.5 Å². The second-order valence-electron chi connectivity index (χ2n) is 9.04. The van der Waals surface area contributed by atoms with Crippen LogP contribution in [0, 0.1) is 17.8 Å². The SMILES string of the molecule is CC(C)[C@@H](NC(=O)C1CCCCC1)C(=O)N1CCC[C@@H](C(=O)Nc2ccccc2)C1. The normalized spacial score (nSPS) is 21.2. The summed E-state index contributed by atoms with van der Waals surface area (Å²) in [4.78, 5) is 40.5. The van der Waals surface area contributed by atoms with Crippen LogP contribution in [0.25, 0.3) is 0 Å². The predicted molar refractivity (Wildman–Crippen MR) is 118 cm³/mol. The average molecular weight is 414 g/mol. The highest BCUT2D eigenvalue weighted by Gasteiger charge is 2.35. The molecule has 1 saturated carbocycles. The molecule has 2 atom stereocenters. The van der Waals surface area contributed by atoms with Gasteiger partial charge >= 0.3 is 0 Å². The Morgan fingerprint density at radius 1 is 0.900 bits per heavy atom. The number of hydrogen-bond acceptors (Lipinski definition) is 3. The number of para-hydroxylation sites is 1. The van der Waals surface area contributed by atoms with Gasteiger partial charge in [0, 0.05) is 24.7 Å². The van der Waals surface area contributed by atoms with E-state index in [0.717, 1.165) is 44.2 Å². The summed E-state index contributed by atoms with van der Waals surface area (Å²) in [5, 5.41) is 5.99. The maximum absolute atomic E-state index is 13.3. The molecule has 1 aromatic rings. The quantitative estimate of drug-likeness (QED) is 0.748. The minimum Gasteiger partial charge on any atom is -0.344 e. The van der Waals surface area contributed by atoms with Crippen LogP contribution in [0.15, 0.2) is 30.3 Å². The van der Waals surface area contributed by atoms with Crippen molar-refractivity contribution in [1.82, 2.24) is 10.2 Å². The van der Waals surface area contributed by atoms with Crippen molar-refractivity contribution in [3.63, 3.8) is 0 Å². The lowest BCUT2D eigenvalue weighted by Crippen LogP contribution is -2.55. The number of rotatable bonds is 6. The van der Waals surface area contributed by atoms with Crippen LogP contribution in [0.2, 0.25) is 0 Å². The van der Waals surface area contributed by atoms with E-state index in [9.17, 15) is 14.4 Å². The molecule has 1 aromatic carbocycles. The van der Waals surface area contributed by atoms with Gasteiger partial charge in [-0.1, -0.05) is 51.3 Å². The second kappa shape index (κ2) is 10.6. The molecular weight excluding hydrogens is 378 g/mol. The highest BCUT2D eigenvalue weighted by atomic mass is 16.2. The Kier molecular flexibility index (Phi) is 7.88. The number of nitrogens with one attached hydrogen (secondary N) is 2. The number of carbonyl (C=O) groups is 3. The van der Waals surface area contributed by atoms with Crippen molar-refractivity contribution >= 4 is 23.4 Å². The summed E-state index contributed by atoms with van der Waals surface area (Å²) >= 11 is 0. The molecule has 0 bridgehead atoms. The van der Waals surface area contributed by atoms with Crippen molar-refractivity contribution in [2.24, 2.45) is 17.8 Å². The molecule has 2 N–H and O–H groups in total. The van der Waals surface area contributed by atoms with E-state index < -0.39 is 6.04 Å². The zero-order valence-electron chi connectivity index (χ0n) is 18.2. The summed E-state index contributed by atoms with van der Waals surface area (Å²) in [5.74, 6) is -0.304. The minimum atomic E-state index is -0.532. The van der Waals surface area contributed by atoms with Crippen LogP contribution in [-0.4, -0.2) is 41.8 Å². The number of likely N-dealkylation sites (tertiary alicyclic amines) is 1. The Balaban J connectivity index is 1.60. The number of piperidine rings is 1. The fourth-order valence-electron chi connectivity index (χ4n) is 4.50. The van der Waals surface area contributed by atoms with Crippen molar-refractivity contribution in [1.29, 1.82) is 0 Å². The van der Waals surface area contributed by atoms with Gasteiger partial charge in [0.2, 0.25) is 17.7 Å². The molecule has 1 aliphatic carbocycles. The van der Waals surface area contributed by atoms with Crippen LogP contribution in [0.1, 0.15) is 58.8 Å². The van der Waals surface area contributed by atoms with E-state index in [1.165, 1.54) is 6.42 Å². The lowest BCUT2D eigenvalue weighted by molar-refractivity contribution is -0.141. The van der Waals surface area contributed by atoms with Crippen molar-refractivity contribution in [3.05, 3.63) is 30.3 Å². The first-order chi connectivity index (χ1) is 14.5. The standard InChI is InChI=1S/C24H35N3O3/c1-17(2)21(26-22(28)18-10-5-3-6-11-18)24(30)27-15-9-12-19(16-27)23(29)25-20-13-7-4-8-14-20/h4,7-8,13-14,17-19,21H,3,5-6,9-12,15-16H2,1-2H3,(H,25,29)(H,26,28)/t19-,21-/m1/s1. The molecule has 1 saturated heterocycles. The molecule has 3 rings (SSSR count). The van der Waals surface area contributed by atoms with Gasteiger partial charge in [-0.15, -0.1) is 0 Å². The smallest absolute Gasteiger partial charge is 0.245 e. The first kappa shape index (κ1) is 22.3. The molecule has 30 heavy (non-hydrogen) atoms. The van der Waals surface area contributed by atoms with Crippen LogP contribution >= 0.6 is 0 Å². The number of anilines is 1. The maximum atomic E-state index is 13.3. The first-order valence-corrected chi connectivity index (χ1v) is 11.4. The van der Waals surface area contributed by atoms with Crippen LogP contribution in [0.4, 0.5) is 5.69 Å². The molecule has 0 unspecified atom stereocenters. The molecule has 0 radical (unpaired) electrons. The monoisotopic (exact) mass is 413 g/mol. The number of nitrogens with zero attached hydrogens (tertiary/aromatic N) is 1. The van der Waals surface area contributed by atoms with Gasteiger partial charge in [0.05, 0.1) is 5.92 Å². The van der Waals surface area contributed by atoms with Crippen LogP contribution in [-0.2, 0) is 14.4 Å². The highest BCUT2D eigenvalue weighted by molar-refractivity contribution is 5.94. The van der Waals surface area contributed by atoms with Crippen molar-refractivity contribution < 1.29 is 14.4 Å². The van der Waals surface area contributed by atoms with Crippen LogP contribution < -0.4 is 10.6 Å². The van der Waals surface area contributed by atoms with E-state index in [2.05, 4.69) is 10.6 Å². The van der Waals surface area contributed by atoms with E-state index in [1.807, 2.05) is 44.2 Å². The fourth-order valence-corrected chi connectivity index (χ4v) is 4.50. The van der Waals surface area contributed by atoms with Gasteiger partial charge in [0.15, 0.2) is 0 Å². The molecule has 1 heterocycles. The summed E-state index contributed by atoms with van der Waals surface area (Å²) < 4.78 is 0.